The maximum atomic E-state index is 12.9. The van der Waals surface area contributed by atoms with Gasteiger partial charge in [-0.2, -0.15) is 0 Å². The first-order valence-electron chi connectivity index (χ1n) is 12.0. The minimum Gasteiger partial charge on any atom is -0.449 e. The lowest BCUT2D eigenvalue weighted by atomic mass is 10.0. The smallest absolute Gasteiger partial charge is 0.240 e. The van der Waals surface area contributed by atoms with Gasteiger partial charge in [-0.15, -0.1) is 5.10 Å². The number of carbonyl (C=O) groups is 1. The molecule has 0 aromatic heterocycles. The van der Waals surface area contributed by atoms with Gasteiger partial charge in [0.15, 0.2) is 5.78 Å². The van der Waals surface area contributed by atoms with E-state index in [2.05, 4.69) is 29.6 Å². The molecule has 0 amide bonds. The Labute approximate surface area is 220 Å². The molecule has 0 aliphatic carbocycles. The molecule has 1 aliphatic heterocycles. The number of rotatable bonds is 6. The number of hydrogen-bond donors (Lipinski definition) is 2. The molecule has 9 heteroatoms. The Morgan fingerprint density at radius 1 is 1.00 bits per heavy atom. The van der Waals surface area contributed by atoms with Crippen molar-refractivity contribution in [2.24, 2.45) is 10.8 Å². The van der Waals surface area contributed by atoms with Gasteiger partial charge in [-0.25, -0.2) is 8.42 Å². The Bertz CT molecular complexity index is 1290. The van der Waals surface area contributed by atoms with E-state index < -0.39 is 16.3 Å². The molecule has 0 fully saturated rings. The number of carbonyl (C=O) groups excluding carboxylic acids is 1. The van der Waals surface area contributed by atoms with Crippen LogP contribution in [0.1, 0.15) is 47.8 Å². The molecule has 8 nitrogen and oxygen atoms in total. The molecule has 3 aromatic rings. The molecule has 0 radical (unpaired) electrons. The Morgan fingerprint density at radius 3 is 2.03 bits per heavy atom. The fraction of sp³-hybridized carbons (Fsp3) is 0.286. The second-order valence-corrected chi connectivity index (χ2v) is 10.3. The van der Waals surface area contributed by atoms with Crippen molar-refractivity contribution >= 4 is 27.4 Å². The predicted molar refractivity (Wildman–Crippen MR) is 150 cm³/mol. The van der Waals surface area contributed by atoms with Crippen LogP contribution >= 0.6 is 0 Å². The number of nitrogens with two attached hydrogens (primary N) is 1. The maximum absolute atomic E-state index is 12.9. The number of hydrazone groups is 1. The fourth-order valence-corrected chi connectivity index (χ4v) is 3.67. The van der Waals surface area contributed by atoms with Crippen molar-refractivity contribution < 1.29 is 17.9 Å². The molecule has 2 unspecified atom stereocenters. The van der Waals surface area contributed by atoms with E-state index in [-0.39, 0.29) is 17.7 Å². The summed E-state index contributed by atoms with van der Waals surface area (Å²) in [5.41, 5.74) is 11.6. The second-order valence-electron chi connectivity index (χ2n) is 8.29. The topological polar surface area (TPSA) is 114 Å². The summed E-state index contributed by atoms with van der Waals surface area (Å²) >= 11 is 0. The van der Waals surface area contributed by atoms with Gasteiger partial charge >= 0.3 is 0 Å². The van der Waals surface area contributed by atoms with Crippen molar-refractivity contribution in [2.75, 3.05) is 17.6 Å². The summed E-state index contributed by atoms with van der Waals surface area (Å²) in [5, 5.41) is 4.13. The highest BCUT2D eigenvalue weighted by atomic mass is 32.2. The number of anilines is 1. The van der Waals surface area contributed by atoms with Crippen LogP contribution in [0.3, 0.4) is 0 Å². The number of ether oxygens (including phenoxy) is 1. The van der Waals surface area contributed by atoms with E-state index in [1.54, 1.807) is 43.3 Å². The third-order valence-corrected chi connectivity index (χ3v) is 6.48. The number of nitrogens with zero attached hydrogens (tertiary/aromatic N) is 2. The van der Waals surface area contributed by atoms with E-state index in [9.17, 15) is 13.2 Å². The third kappa shape index (κ3) is 8.44. The van der Waals surface area contributed by atoms with Crippen LogP contribution in [0.25, 0.3) is 0 Å². The number of ketones is 1. The summed E-state index contributed by atoms with van der Waals surface area (Å²) in [6.07, 6.45) is 0.592. The van der Waals surface area contributed by atoms with Gasteiger partial charge in [0.05, 0.1) is 18.0 Å². The largest absolute Gasteiger partial charge is 0.449 e. The zero-order valence-electron chi connectivity index (χ0n) is 22.2. The van der Waals surface area contributed by atoms with Crippen LogP contribution in [0.4, 0.5) is 5.69 Å². The summed E-state index contributed by atoms with van der Waals surface area (Å²) < 4.78 is 30.8. The van der Waals surface area contributed by atoms with Crippen LogP contribution in [0.5, 0.6) is 0 Å². The van der Waals surface area contributed by atoms with E-state index in [1.807, 2.05) is 38.1 Å². The zero-order valence-corrected chi connectivity index (χ0v) is 23.0. The van der Waals surface area contributed by atoms with Crippen LogP contribution in [0.2, 0.25) is 0 Å². The Kier molecular flexibility index (Phi) is 10.8. The Morgan fingerprint density at radius 2 is 1.57 bits per heavy atom. The average molecular weight is 525 g/mol. The highest BCUT2D eigenvalue weighted by molar-refractivity contribution is 7.92. The molecule has 0 saturated heterocycles. The van der Waals surface area contributed by atoms with Gasteiger partial charge in [-0.3, -0.25) is 14.5 Å². The van der Waals surface area contributed by atoms with E-state index in [0.717, 1.165) is 10.6 Å². The summed E-state index contributed by atoms with van der Waals surface area (Å²) in [6.45, 7) is 7.86. The first-order valence-corrected chi connectivity index (χ1v) is 13.9. The highest BCUT2D eigenvalue weighted by Gasteiger charge is 2.26. The average Bonchev–Trinajstić information content (AvgIpc) is 3.41. The molecule has 3 N–H and O–H groups in total. The number of nitrogens with one attached hydrogen (secondary N) is 1. The van der Waals surface area contributed by atoms with Crippen LogP contribution in [0, 0.1) is 6.92 Å². The predicted octanol–water partition coefficient (Wildman–Crippen LogP) is 4.29. The van der Waals surface area contributed by atoms with Crippen molar-refractivity contribution in [3.8, 4) is 0 Å². The lowest BCUT2D eigenvalue weighted by Gasteiger charge is -2.19. The van der Waals surface area contributed by atoms with Crippen LogP contribution < -0.4 is 15.5 Å². The van der Waals surface area contributed by atoms with Crippen molar-refractivity contribution in [1.29, 1.82) is 0 Å². The summed E-state index contributed by atoms with van der Waals surface area (Å²) in [6, 6.07) is 23.5. The van der Waals surface area contributed by atoms with Gasteiger partial charge in [-0.05, 0) is 32.0 Å². The standard InChI is InChI=1S/C19H22N4O4S.C7H8.C2H6/c1-12(20)18-21-22-19(27-18)15-9-14(17(24)13-7-5-4-6-8-13)10-16(11-15)23(2)28(3,25)26;1-7-5-3-2-4-6-7;1-2/h4-12,18,21H,20H2,1-3H3;2-6H,1H3;1-2H3. The monoisotopic (exact) mass is 524 g/mol. The van der Waals surface area contributed by atoms with Crippen molar-refractivity contribution in [1.82, 2.24) is 5.43 Å². The first kappa shape index (κ1) is 29.5. The molecule has 1 aliphatic rings. The minimum absolute atomic E-state index is 0.235. The van der Waals surface area contributed by atoms with Crippen molar-refractivity contribution in [2.45, 2.75) is 40.0 Å². The lowest BCUT2D eigenvalue weighted by Crippen LogP contribution is -2.39. The summed E-state index contributed by atoms with van der Waals surface area (Å²) in [5.74, 6) is 0.00839. The minimum atomic E-state index is -3.52. The van der Waals surface area contributed by atoms with Gasteiger partial charge in [0.25, 0.3) is 0 Å². The van der Waals surface area contributed by atoms with E-state index in [4.69, 9.17) is 10.5 Å². The molecule has 3 aromatic carbocycles. The van der Waals surface area contributed by atoms with E-state index in [1.165, 1.54) is 18.7 Å². The van der Waals surface area contributed by atoms with Crippen molar-refractivity contribution in [3.05, 3.63) is 101 Å². The molecule has 4 rings (SSSR count). The molecule has 1 heterocycles. The quantitative estimate of drug-likeness (QED) is 0.465. The Balaban J connectivity index is 0.000000455. The highest BCUT2D eigenvalue weighted by Crippen LogP contribution is 2.24. The second kappa shape index (κ2) is 13.6. The number of aryl methyl sites for hydroxylation is 1. The Hall–Kier alpha value is -3.69. The first-order chi connectivity index (χ1) is 17.6. The number of sulfonamides is 1. The molecule has 0 spiro atoms. The van der Waals surface area contributed by atoms with Gasteiger partial charge in [-0.1, -0.05) is 80.1 Å². The SMILES string of the molecule is CC.CC(N)C1NN=C(c2cc(C(=O)c3ccccc3)cc(N(C)S(C)(=O)=O)c2)O1.Cc1ccccc1. The third-order valence-electron chi connectivity index (χ3n) is 5.27. The fourth-order valence-electron chi connectivity index (χ4n) is 3.18. The normalized spacial score (nSPS) is 14.9. The molecular weight excluding hydrogens is 488 g/mol. The lowest BCUT2D eigenvalue weighted by molar-refractivity contribution is 0.103. The van der Waals surface area contributed by atoms with Gasteiger partial charge in [0, 0.05) is 23.7 Å². The molecule has 2 atom stereocenters. The zero-order chi connectivity index (χ0) is 27.6. The summed E-state index contributed by atoms with van der Waals surface area (Å²) in [4.78, 5) is 12.9. The van der Waals surface area contributed by atoms with Gasteiger partial charge < -0.3 is 10.5 Å². The number of benzene rings is 3. The maximum Gasteiger partial charge on any atom is 0.240 e. The van der Waals surface area contributed by atoms with Crippen molar-refractivity contribution in [3.63, 3.8) is 0 Å². The van der Waals surface area contributed by atoms with Gasteiger partial charge in [0.1, 0.15) is 0 Å². The van der Waals surface area contributed by atoms with Gasteiger partial charge in [0.2, 0.25) is 22.1 Å². The van der Waals surface area contributed by atoms with Crippen LogP contribution in [0.15, 0.2) is 84.0 Å². The molecule has 0 bridgehead atoms. The summed E-state index contributed by atoms with van der Waals surface area (Å²) in [7, 11) is -2.10. The van der Waals surface area contributed by atoms with Crippen LogP contribution in [-0.4, -0.2) is 45.7 Å². The van der Waals surface area contributed by atoms with E-state index >= 15 is 0 Å². The van der Waals surface area contributed by atoms with Crippen LogP contribution in [-0.2, 0) is 14.8 Å². The van der Waals surface area contributed by atoms with E-state index in [0.29, 0.717) is 22.4 Å². The molecule has 0 saturated carbocycles. The number of hydrogen-bond acceptors (Lipinski definition) is 7. The molecule has 198 valence electrons. The molecular formula is C28H36N4O4S. The molecule has 37 heavy (non-hydrogen) atoms.